The molecule has 28 valence electrons. The molecule has 0 radical (unpaired) electrons. The number of nitriles is 1. The van der Waals surface area contributed by atoms with E-state index in [0.717, 1.165) is 0 Å². The molecule has 0 aliphatic heterocycles. The van der Waals surface area contributed by atoms with Gasteiger partial charge in [0, 0.05) is 40.7 Å². The van der Waals surface area contributed by atoms with Crippen molar-refractivity contribution >= 4 is 51.4 Å². The summed E-state index contributed by atoms with van der Waals surface area (Å²) in [6, 6.07) is 0. The SMILES string of the molecule is C#N.[Fe].[Fe].[KH]. The van der Waals surface area contributed by atoms with Crippen molar-refractivity contribution in [1.82, 2.24) is 0 Å². The molecule has 0 aromatic rings. The molecule has 0 amide bonds. The fourth-order valence-corrected chi connectivity index (χ4v) is 0. The van der Waals surface area contributed by atoms with Crippen LogP contribution in [0.2, 0.25) is 0 Å². The van der Waals surface area contributed by atoms with Crippen molar-refractivity contribution in [3.8, 4) is 6.57 Å². The molecule has 0 heterocycles. The van der Waals surface area contributed by atoms with Gasteiger partial charge in [-0.2, -0.15) is 0 Å². The van der Waals surface area contributed by atoms with Crippen molar-refractivity contribution in [2.45, 2.75) is 0 Å². The maximum atomic E-state index is 6.50. The Morgan fingerprint density at radius 1 is 1.00 bits per heavy atom. The van der Waals surface area contributed by atoms with E-state index >= 15 is 0 Å². The molecule has 1 nitrogen and oxygen atoms in total. The first kappa shape index (κ1) is 27.2. The predicted octanol–water partition coefficient (Wildman–Crippen LogP) is -0.514. The van der Waals surface area contributed by atoms with Gasteiger partial charge in [-0.25, -0.2) is 5.26 Å². The van der Waals surface area contributed by atoms with E-state index in [0.29, 0.717) is 0 Å². The van der Waals surface area contributed by atoms with Gasteiger partial charge in [0.25, 0.3) is 0 Å². The molecule has 0 bridgehead atoms. The predicted molar refractivity (Wildman–Crippen MR) is 13.8 cm³/mol. The summed E-state index contributed by atoms with van der Waals surface area (Å²) in [7, 11) is 0. The molecule has 0 aromatic heterocycles. The van der Waals surface area contributed by atoms with E-state index in [2.05, 4.69) is 6.57 Å². The summed E-state index contributed by atoms with van der Waals surface area (Å²) in [6.07, 6.45) is 0. The second-order valence-electron chi connectivity index (χ2n) is 0. The van der Waals surface area contributed by atoms with Gasteiger partial charge in [0.2, 0.25) is 0 Å². The van der Waals surface area contributed by atoms with Gasteiger partial charge in [0.15, 0.2) is 0 Å². The Bertz CT molecular complexity index is 14.4. The summed E-state index contributed by atoms with van der Waals surface area (Å²) in [4.78, 5) is 0. The van der Waals surface area contributed by atoms with E-state index in [4.69, 9.17) is 5.26 Å². The summed E-state index contributed by atoms with van der Waals surface area (Å²) < 4.78 is 0. The van der Waals surface area contributed by atoms with Crippen LogP contribution in [0.1, 0.15) is 0 Å². The Kier molecular flexibility index (Phi) is 191. The van der Waals surface area contributed by atoms with Gasteiger partial charge in [-0.05, 0) is 0 Å². The van der Waals surface area contributed by atoms with Gasteiger partial charge in [-0.3, -0.25) is 0 Å². The number of rotatable bonds is 0. The van der Waals surface area contributed by atoms with E-state index in [9.17, 15) is 0 Å². The Balaban J connectivity index is -0.00000000167. The first-order chi connectivity index (χ1) is 1.00. The summed E-state index contributed by atoms with van der Waals surface area (Å²) >= 11 is 0. The van der Waals surface area contributed by atoms with Crippen molar-refractivity contribution in [1.29, 1.82) is 5.26 Å². The molecule has 0 aliphatic rings. The van der Waals surface area contributed by atoms with E-state index in [1.54, 1.807) is 0 Å². The van der Waals surface area contributed by atoms with Crippen LogP contribution in [-0.4, -0.2) is 51.4 Å². The van der Waals surface area contributed by atoms with Gasteiger partial charge in [0.1, 0.15) is 0 Å². The zero-order valence-electron chi connectivity index (χ0n) is 1.73. The molecular weight excluding hydrogens is 177 g/mol. The molecule has 0 saturated heterocycles. The van der Waals surface area contributed by atoms with Crippen molar-refractivity contribution in [3.63, 3.8) is 0 Å². The first-order valence-electron chi connectivity index (χ1n) is 0.258. The third kappa shape index (κ3) is 22.8. The van der Waals surface area contributed by atoms with E-state index < -0.39 is 0 Å². The van der Waals surface area contributed by atoms with Gasteiger partial charge in [-0.1, -0.05) is 0 Å². The van der Waals surface area contributed by atoms with E-state index in [1.807, 2.05) is 0 Å². The zero-order valence-corrected chi connectivity index (χ0v) is 3.94. The van der Waals surface area contributed by atoms with E-state index in [-0.39, 0.29) is 85.5 Å². The number of nitrogens with zero attached hydrogens (tertiary/aromatic N) is 1. The Labute approximate surface area is 95.2 Å². The van der Waals surface area contributed by atoms with Crippen LogP contribution >= 0.6 is 0 Å². The van der Waals surface area contributed by atoms with Crippen LogP contribution in [0, 0.1) is 11.8 Å². The van der Waals surface area contributed by atoms with Crippen LogP contribution in [0.25, 0.3) is 0 Å². The van der Waals surface area contributed by atoms with E-state index in [1.165, 1.54) is 0 Å². The van der Waals surface area contributed by atoms with Crippen LogP contribution in [0.3, 0.4) is 0 Å². The van der Waals surface area contributed by atoms with Gasteiger partial charge in [0.05, 0.1) is 0 Å². The topological polar surface area (TPSA) is 23.8 Å². The molecule has 0 rings (SSSR count). The molecule has 0 unspecified atom stereocenters. The minimum atomic E-state index is 0. The van der Waals surface area contributed by atoms with Crippen molar-refractivity contribution < 1.29 is 34.1 Å². The van der Waals surface area contributed by atoms with Crippen LogP contribution < -0.4 is 0 Å². The van der Waals surface area contributed by atoms with Gasteiger partial charge < -0.3 is 0 Å². The minimum absolute atomic E-state index is 0. The number of hydrogen-bond acceptors (Lipinski definition) is 1. The van der Waals surface area contributed by atoms with Crippen molar-refractivity contribution in [2.75, 3.05) is 0 Å². The molecule has 5 heavy (non-hydrogen) atoms. The second-order valence-corrected chi connectivity index (χ2v) is 0. The Hall–Kier alpha value is 2.17. The molecular formula is CH2Fe2KN. The number of hydrogen-bond donors (Lipinski definition) is 0. The maximum absolute atomic E-state index is 6.50. The monoisotopic (exact) mass is 179 g/mol. The molecule has 0 fully saturated rings. The van der Waals surface area contributed by atoms with Crippen LogP contribution in [0.5, 0.6) is 0 Å². The third-order valence-electron chi connectivity index (χ3n) is 0. The second kappa shape index (κ2) is 35.1. The molecule has 4 heteroatoms. The Morgan fingerprint density at radius 2 is 1.00 bits per heavy atom. The molecule has 0 aromatic carbocycles. The normalized spacial score (nSPS) is 0.400. The average molecular weight is 179 g/mol. The molecule has 0 aliphatic carbocycles. The summed E-state index contributed by atoms with van der Waals surface area (Å²) in [5.74, 6) is 0. The Morgan fingerprint density at radius 3 is 1.00 bits per heavy atom. The van der Waals surface area contributed by atoms with Crippen LogP contribution in [0.15, 0.2) is 0 Å². The van der Waals surface area contributed by atoms with Crippen molar-refractivity contribution in [2.24, 2.45) is 0 Å². The summed E-state index contributed by atoms with van der Waals surface area (Å²) in [5.41, 5.74) is 0. The summed E-state index contributed by atoms with van der Waals surface area (Å²) in [5, 5.41) is 6.50. The average Bonchev–Trinajstić information content (AvgIpc) is 1.00. The summed E-state index contributed by atoms with van der Waals surface area (Å²) in [6.45, 7) is 3.50. The molecule has 0 N–H and O–H groups in total. The third-order valence-corrected chi connectivity index (χ3v) is 0. The van der Waals surface area contributed by atoms with Gasteiger partial charge in [-0.15, -0.1) is 0 Å². The zero-order chi connectivity index (χ0) is 2.00. The van der Waals surface area contributed by atoms with Crippen LogP contribution in [0.4, 0.5) is 0 Å². The fraction of sp³-hybridized carbons (Fsp3) is 0. The van der Waals surface area contributed by atoms with Gasteiger partial charge >= 0.3 is 51.4 Å². The fourth-order valence-electron chi connectivity index (χ4n) is 0. The molecule has 0 saturated carbocycles. The molecule has 0 spiro atoms. The van der Waals surface area contributed by atoms with Crippen LogP contribution in [-0.2, 0) is 34.1 Å². The standard InChI is InChI=1S/CHN.2Fe.K.H/c1-2;;;;/h1H;;;;. The van der Waals surface area contributed by atoms with Crippen molar-refractivity contribution in [3.05, 3.63) is 0 Å². The molecule has 0 atom stereocenters. The quantitative estimate of drug-likeness (QED) is 0.459. The first-order valence-corrected chi connectivity index (χ1v) is 0.258.